The number of benzene rings is 1. The molecule has 7 heteroatoms. The number of rotatable bonds is 6. The van der Waals surface area contributed by atoms with Crippen molar-refractivity contribution < 1.29 is 24.1 Å². The second-order valence-corrected chi connectivity index (χ2v) is 4.80. The van der Waals surface area contributed by atoms with Crippen molar-refractivity contribution in [2.24, 2.45) is 0 Å². The Kier molecular flexibility index (Phi) is 5.62. The number of aliphatic hydroxyl groups excluding tert-OH is 1. The van der Waals surface area contributed by atoms with Crippen LogP contribution in [0.15, 0.2) is 30.5 Å². The minimum Gasteiger partial charge on any atom is -0.449 e. The van der Waals surface area contributed by atoms with Crippen molar-refractivity contribution in [2.75, 3.05) is 11.9 Å². The lowest BCUT2D eigenvalue weighted by Gasteiger charge is -2.07. The van der Waals surface area contributed by atoms with Gasteiger partial charge in [0, 0.05) is 11.6 Å². The van der Waals surface area contributed by atoms with E-state index in [2.05, 4.69) is 10.3 Å². The molecule has 0 saturated carbocycles. The fourth-order valence-electron chi connectivity index (χ4n) is 1.91. The number of ether oxygens (including phenoxy) is 1. The number of amides is 1. The zero-order valence-electron chi connectivity index (χ0n) is 11.8. The highest BCUT2D eigenvalue weighted by Gasteiger charge is 2.06. The third-order valence-corrected chi connectivity index (χ3v) is 3.00. The van der Waals surface area contributed by atoms with Crippen molar-refractivity contribution in [3.8, 4) is 0 Å². The Hall–Kier alpha value is -2.25. The monoisotopic (exact) mass is 308 g/mol. The number of aromatic nitrogens is 1. The Morgan fingerprint density at radius 2 is 2.09 bits per heavy atom. The van der Waals surface area contributed by atoms with Crippen LogP contribution in [0.5, 0.6) is 0 Å². The van der Waals surface area contributed by atoms with Gasteiger partial charge < -0.3 is 14.9 Å². The number of fused-ring (bicyclic) bond motifs is 1. The van der Waals surface area contributed by atoms with Gasteiger partial charge in [-0.2, -0.15) is 0 Å². The molecule has 0 aliphatic carbocycles. The third-order valence-electron chi connectivity index (χ3n) is 3.00. The van der Waals surface area contributed by atoms with Gasteiger partial charge in [-0.25, -0.2) is 14.2 Å². The van der Waals surface area contributed by atoms with Crippen LogP contribution in [0.1, 0.15) is 19.3 Å². The molecule has 2 rings (SSSR count). The van der Waals surface area contributed by atoms with E-state index < -0.39 is 12.4 Å². The van der Waals surface area contributed by atoms with Gasteiger partial charge >= 0.3 is 6.09 Å². The Morgan fingerprint density at radius 1 is 1.27 bits per heavy atom. The fraction of sp³-hybridized carbons (Fsp3) is 0.333. The van der Waals surface area contributed by atoms with Gasteiger partial charge in [-0.15, -0.1) is 0 Å². The van der Waals surface area contributed by atoms with Gasteiger partial charge in [-0.05, 0) is 48.9 Å². The van der Waals surface area contributed by atoms with E-state index in [1.54, 1.807) is 12.1 Å². The molecule has 0 unspecified atom stereocenters. The van der Waals surface area contributed by atoms with E-state index in [-0.39, 0.29) is 24.7 Å². The fourth-order valence-corrected chi connectivity index (χ4v) is 1.91. The topological polar surface area (TPSA) is 91.7 Å². The van der Waals surface area contributed by atoms with Crippen molar-refractivity contribution in [3.63, 3.8) is 0 Å². The second kappa shape index (κ2) is 7.67. The van der Waals surface area contributed by atoms with Gasteiger partial charge in [0.15, 0.2) is 6.29 Å². The highest BCUT2D eigenvalue weighted by molar-refractivity contribution is 5.89. The summed E-state index contributed by atoms with van der Waals surface area (Å²) in [6, 6.07) is 5.86. The minimum absolute atomic E-state index is 0.167. The first kappa shape index (κ1) is 16.1. The molecular formula is C15H17FN2O4. The SMILES string of the molecule is O=C(Nc1cc2cc(F)ccc2cn1)OCCCCC(O)O. The summed E-state index contributed by atoms with van der Waals surface area (Å²) < 4.78 is 18.1. The number of unbranched alkanes of at least 4 members (excludes halogenated alkanes) is 1. The first-order chi connectivity index (χ1) is 10.5. The van der Waals surface area contributed by atoms with Gasteiger partial charge in [0.05, 0.1) is 6.61 Å². The van der Waals surface area contributed by atoms with E-state index in [1.807, 2.05) is 0 Å². The number of nitrogens with zero attached hydrogens (tertiary/aromatic N) is 1. The highest BCUT2D eigenvalue weighted by atomic mass is 19.1. The molecule has 0 bridgehead atoms. The van der Waals surface area contributed by atoms with Crippen LogP contribution in [0.3, 0.4) is 0 Å². The number of carbonyl (C=O) groups excluding carboxylic acids is 1. The lowest BCUT2D eigenvalue weighted by molar-refractivity contribution is -0.0470. The van der Waals surface area contributed by atoms with Crippen molar-refractivity contribution >= 4 is 22.7 Å². The molecule has 6 nitrogen and oxygen atoms in total. The molecule has 0 aliphatic rings. The second-order valence-electron chi connectivity index (χ2n) is 4.80. The quantitative estimate of drug-likeness (QED) is 0.563. The predicted molar refractivity (Wildman–Crippen MR) is 78.7 cm³/mol. The number of halogens is 1. The van der Waals surface area contributed by atoms with Crippen molar-refractivity contribution in [2.45, 2.75) is 25.6 Å². The molecule has 0 saturated heterocycles. The molecule has 1 heterocycles. The van der Waals surface area contributed by atoms with Crippen LogP contribution in [-0.4, -0.2) is 34.2 Å². The van der Waals surface area contributed by atoms with E-state index in [1.165, 1.54) is 18.3 Å². The van der Waals surface area contributed by atoms with Crippen LogP contribution in [-0.2, 0) is 4.74 Å². The summed E-state index contributed by atoms with van der Waals surface area (Å²) in [6.07, 6.45) is 0.846. The van der Waals surface area contributed by atoms with Gasteiger partial charge in [-0.3, -0.25) is 5.32 Å². The normalized spacial score (nSPS) is 10.9. The number of aliphatic hydroxyl groups is 2. The molecule has 0 spiro atoms. The van der Waals surface area contributed by atoms with E-state index in [4.69, 9.17) is 14.9 Å². The molecule has 1 amide bonds. The smallest absolute Gasteiger partial charge is 0.412 e. The van der Waals surface area contributed by atoms with E-state index in [0.717, 1.165) is 5.39 Å². The van der Waals surface area contributed by atoms with E-state index in [9.17, 15) is 9.18 Å². The van der Waals surface area contributed by atoms with E-state index in [0.29, 0.717) is 18.2 Å². The van der Waals surface area contributed by atoms with Crippen LogP contribution < -0.4 is 5.32 Å². The number of hydrogen-bond acceptors (Lipinski definition) is 5. The molecular weight excluding hydrogens is 291 g/mol. The maximum Gasteiger partial charge on any atom is 0.412 e. The third kappa shape index (κ3) is 4.94. The van der Waals surface area contributed by atoms with Crippen LogP contribution in [0.2, 0.25) is 0 Å². The summed E-state index contributed by atoms with van der Waals surface area (Å²) in [5, 5.41) is 21.2. The Bertz CT molecular complexity index is 648. The maximum absolute atomic E-state index is 13.2. The summed E-state index contributed by atoms with van der Waals surface area (Å²) >= 11 is 0. The first-order valence-corrected chi connectivity index (χ1v) is 6.90. The maximum atomic E-state index is 13.2. The summed E-state index contributed by atoms with van der Waals surface area (Å²) in [5.74, 6) is -0.0906. The molecule has 1 aromatic carbocycles. The van der Waals surface area contributed by atoms with Crippen molar-refractivity contribution in [1.29, 1.82) is 0 Å². The largest absolute Gasteiger partial charge is 0.449 e. The number of anilines is 1. The average molecular weight is 308 g/mol. The highest BCUT2D eigenvalue weighted by Crippen LogP contribution is 2.17. The molecule has 0 fully saturated rings. The average Bonchev–Trinajstić information content (AvgIpc) is 2.46. The van der Waals surface area contributed by atoms with E-state index >= 15 is 0 Å². The van der Waals surface area contributed by atoms with Gasteiger partial charge in [0.25, 0.3) is 0 Å². The van der Waals surface area contributed by atoms with Gasteiger partial charge in [-0.1, -0.05) is 0 Å². The minimum atomic E-state index is -1.34. The van der Waals surface area contributed by atoms with Gasteiger partial charge in [0.1, 0.15) is 11.6 Å². The van der Waals surface area contributed by atoms with Gasteiger partial charge in [0.2, 0.25) is 0 Å². The Morgan fingerprint density at radius 3 is 2.86 bits per heavy atom. The van der Waals surface area contributed by atoms with Crippen LogP contribution in [0, 0.1) is 5.82 Å². The molecule has 0 radical (unpaired) electrons. The number of carbonyl (C=O) groups is 1. The molecule has 2 aromatic rings. The predicted octanol–water partition coefficient (Wildman–Crippen LogP) is 2.40. The van der Waals surface area contributed by atoms with Crippen LogP contribution >= 0.6 is 0 Å². The summed E-state index contributed by atoms with van der Waals surface area (Å²) in [7, 11) is 0. The molecule has 0 aliphatic heterocycles. The zero-order valence-corrected chi connectivity index (χ0v) is 11.8. The first-order valence-electron chi connectivity index (χ1n) is 6.90. The van der Waals surface area contributed by atoms with Crippen molar-refractivity contribution in [3.05, 3.63) is 36.3 Å². The summed E-state index contributed by atoms with van der Waals surface area (Å²) in [5.41, 5.74) is 0. The number of hydrogen-bond donors (Lipinski definition) is 3. The van der Waals surface area contributed by atoms with Crippen molar-refractivity contribution in [1.82, 2.24) is 4.98 Å². The Labute approximate surface area is 126 Å². The van der Waals surface area contributed by atoms with Crippen LogP contribution in [0.4, 0.5) is 15.0 Å². The number of pyridine rings is 1. The lowest BCUT2D eigenvalue weighted by atomic mass is 10.2. The molecule has 1 aromatic heterocycles. The molecule has 3 N–H and O–H groups in total. The number of nitrogens with one attached hydrogen (secondary N) is 1. The summed E-state index contributed by atoms with van der Waals surface area (Å²) in [4.78, 5) is 15.6. The van der Waals surface area contributed by atoms with Crippen LogP contribution in [0.25, 0.3) is 10.8 Å². The molecule has 22 heavy (non-hydrogen) atoms. The standard InChI is InChI=1S/C15H17FN2O4/c16-12-5-4-10-9-17-13(8-11(10)7-12)18-15(21)22-6-2-1-3-14(19)20/h4-5,7-9,14,19-20H,1-3,6H2,(H,17,18,21). The molecule has 0 atom stereocenters. The summed E-state index contributed by atoms with van der Waals surface area (Å²) in [6.45, 7) is 0.167. The zero-order chi connectivity index (χ0) is 15.9. The molecule has 118 valence electrons. The lowest BCUT2D eigenvalue weighted by Crippen LogP contribution is -2.15. The Balaban J connectivity index is 1.83.